The van der Waals surface area contributed by atoms with Crippen molar-refractivity contribution >= 4 is 23.0 Å². The highest BCUT2D eigenvalue weighted by Gasteiger charge is 2.23. The van der Waals surface area contributed by atoms with Crippen LogP contribution in [0.1, 0.15) is 56.9 Å². The van der Waals surface area contributed by atoms with Gasteiger partial charge in [0.25, 0.3) is 0 Å². The number of hydrogen-bond acceptors (Lipinski definition) is 3. The normalized spacial score (nSPS) is 17.1. The predicted octanol–water partition coefficient (Wildman–Crippen LogP) is 4.92. The first-order chi connectivity index (χ1) is 14.2. The molecule has 1 fully saturated rings. The standard InChI is InChI=1S/C24H37N3OS/c1-3-15-26(2)16-7-8-18-28-22-13-14-23-20(19-22)10-9-17-27(23)24(29)25-21-11-5-4-6-12-21/h3,13-14,19,21H,1,4-12,15-18H2,2H3,(H,25,29). The molecule has 0 spiro atoms. The Balaban J connectivity index is 1.49. The fourth-order valence-electron chi connectivity index (χ4n) is 4.36. The molecule has 0 aromatic heterocycles. The monoisotopic (exact) mass is 415 g/mol. The Morgan fingerprint density at radius 1 is 1.28 bits per heavy atom. The summed E-state index contributed by atoms with van der Waals surface area (Å²) in [5.41, 5.74) is 2.61. The molecule has 0 saturated heterocycles. The van der Waals surface area contributed by atoms with Crippen molar-refractivity contribution in [3.63, 3.8) is 0 Å². The number of ether oxygens (including phenoxy) is 1. The van der Waals surface area contributed by atoms with Crippen LogP contribution < -0.4 is 15.0 Å². The molecule has 5 heteroatoms. The fourth-order valence-corrected chi connectivity index (χ4v) is 4.72. The van der Waals surface area contributed by atoms with E-state index < -0.39 is 0 Å². The molecule has 2 aliphatic rings. The summed E-state index contributed by atoms with van der Waals surface area (Å²) in [6.07, 6.45) is 12.9. The number of likely N-dealkylation sites (N-methyl/N-ethyl adjacent to an activating group) is 1. The topological polar surface area (TPSA) is 27.7 Å². The van der Waals surface area contributed by atoms with Gasteiger partial charge in [-0.2, -0.15) is 0 Å². The van der Waals surface area contributed by atoms with E-state index in [0.29, 0.717) is 6.04 Å². The molecule has 0 radical (unpaired) electrons. The lowest BCUT2D eigenvalue weighted by Gasteiger charge is -2.34. The summed E-state index contributed by atoms with van der Waals surface area (Å²) in [7, 11) is 2.13. The first kappa shape index (κ1) is 22.1. The lowest BCUT2D eigenvalue weighted by atomic mass is 9.95. The van der Waals surface area contributed by atoms with Gasteiger partial charge in [-0.05, 0) is 88.1 Å². The van der Waals surface area contributed by atoms with Gasteiger partial charge in [-0.3, -0.25) is 0 Å². The first-order valence-corrected chi connectivity index (χ1v) is 11.7. The zero-order valence-electron chi connectivity index (χ0n) is 18.0. The fraction of sp³-hybridized carbons (Fsp3) is 0.625. The Morgan fingerprint density at radius 2 is 2.10 bits per heavy atom. The number of aryl methyl sites for hydroxylation is 1. The summed E-state index contributed by atoms with van der Waals surface area (Å²) in [6, 6.07) is 7.06. The van der Waals surface area contributed by atoms with Crippen LogP contribution in [0.15, 0.2) is 30.9 Å². The second-order valence-electron chi connectivity index (χ2n) is 8.44. The second-order valence-corrected chi connectivity index (χ2v) is 8.82. The van der Waals surface area contributed by atoms with E-state index in [2.05, 4.69) is 46.9 Å². The maximum absolute atomic E-state index is 6.03. The molecule has 1 N–H and O–H groups in total. The van der Waals surface area contributed by atoms with Gasteiger partial charge >= 0.3 is 0 Å². The van der Waals surface area contributed by atoms with Crippen molar-refractivity contribution in [3.8, 4) is 5.75 Å². The van der Waals surface area contributed by atoms with E-state index in [1.165, 1.54) is 43.4 Å². The van der Waals surface area contributed by atoms with Gasteiger partial charge in [0.2, 0.25) is 0 Å². The number of nitrogens with one attached hydrogen (secondary N) is 1. The van der Waals surface area contributed by atoms with Gasteiger partial charge in [0, 0.05) is 24.8 Å². The van der Waals surface area contributed by atoms with Crippen LogP contribution in [0.5, 0.6) is 5.75 Å². The quantitative estimate of drug-likeness (QED) is 0.351. The van der Waals surface area contributed by atoms with E-state index >= 15 is 0 Å². The highest BCUT2D eigenvalue weighted by Crippen LogP contribution is 2.31. The highest BCUT2D eigenvalue weighted by molar-refractivity contribution is 7.80. The molecule has 29 heavy (non-hydrogen) atoms. The largest absolute Gasteiger partial charge is 0.494 e. The molecule has 0 unspecified atom stereocenters. The molecule has 160 valence electrons. The van der Waals surface area contributed by atoms with E-state index in [4.69, 9.17) is 17.0 Å². The lowest BCUT2D eigenvalue weighted by molar-refractivity contribution is 0.287. The molecule has 0 amide bonds. The molecule has 4 nitrogen and oxygen atoms in total. The van der Waals surface area contributed by atoms with Crippen molar-refractivity contribution in [3.05, 3.63) is 36.4 Å². The molecular formula is C24H37N3OS. The number of hydrogen-bond donors (Lipinski definition) is 1. The van der Waals surface area contributed by atoms with Crippen molar-refractivity contribution < 1.29 is 4.74 Å². The van der Waals surface area contributed by atoms with Crippen LogP contribution in [-0.2, 0) is 6.42 Å². The average Bonchev–Trinajstić information content (AvgIpc) is 2.74. The third kappa shape index (κ3) is 6.71. The zero-order chi connectivity index (χ0) is 20.5. The number of nitrogens with zero attached hydrogens (tertiary/aromatic N) is 2. The average molecular weight is 416 g/mol. The van der Waals surface area contributed by atoms with Crippen LogP contribution in [0.2, 0.25) is 0 Å². The van der Waals surface area contributed by atoms with Gasteiger partial charge in [0.15, 0.2) is 5.11 Å². The number of benzene rings is 1. The van der Waals surface area contributed by atoms with Crippen molar-refractivity contribution in [1.29, 1.82) is 0 Å². The Labute approximate surface area is 182 Å². The van der Waals surface area contributed by atoms with Crippen molar-refractivity contribution in [2.45, 2.75) is 63.8 Å². The van der Waals surface area contributed by atoms with E-state index in [1.807, 2.05) is 6.08 Å². The van der Waals surface area contributed by atoms with Gasteiger partial charge in [-0.25, -0.2) is 0 Å². The van der Waals surface area contributed by atoms with Crippen LogP contribution in [-0.4, -0.2) is 49.3 Å². The summed E-state index contributed by atoms with van der Waals surface area (Å²) in [5, 5.41) is 4.52. The van der Waals surface area contributed by atoms with Crippen molar-refractivity contribution in [2.75, 3.05) is 38.2 Å². The number of rotatable bonds is 9. The smallest absolute Gasteiger partial charge is 0.173 e. The molecule has 3 rings (SSSR count). The summed E-state index contributed by atoms with van der Waals surface area (Å²) in [5.74, 6) is 0.983. The van der Waals surface area contributed by atoms with Gasteiger partial charge in [-0.1, -0.05) is 25.3 Å². The van der Waals surface area contributed by atoms with Crippen LogP contribution in [0, 0.1) is 0 Å². The molecule has 1 aliphatic heterocycles. The number of fused-ring (bicyclic) bond motifs is 1. The van der Waals surface area contributed by atoms with Crippen LogP contribution >= 0.6 is 12.2 Å². The Hall–Kier alpha value is -1.59. The van der Waals surface area contributed by atoms with E-state index in [1.54, 1.807) is 0 Å². The highest BCUT2D eigenvalue weighted by atomic mass is 32.1. The molecule has 1 aromatic carbocycles. The summed E-state index contributed by atoms with van der Waals surface area (Å²) < 4.78 is 6.03. The summed E-state index contributed by atoms with van der Waals surface area (Å²) in [4.78, 5) is 4.58. The van der Waals surface area contributed by atoms with Gasteiger partial charge < -0.3 is 19.9 Å². The Kier molecular flexibility index (Phi) is 8.81. The van der Waals surface area contributed by atoms with Crippen molar-refractivity contribution in [1.82, 2.24) is 10.2 Å². The van der Waals surface area contributed by atoms with E-state index in [0.717, 1.165) is 62.8 Å². The second kappa shape index (κ2) is 11.6. The maximum atomic E-state index is 6.03. The predicted molar refractivity (Wildman–Crippen MR) is 127 cm³/mol. The third-order valence-corrected chi connectivity index (χ3v) is 6.33. The lowest BCUT2D eigenvalue weighted by Crippen LogP contribution is -2.47. The summed E-state index contributed by atoms with van der Waals surface area (Å²) >= 11 is 5.78. The molecule has 0 atom stereocenters. The molecule has 1 aliphatic carbocycles. The molecular weight excluding hydrogens is 378 g/mol. The zero-order valence-corrected chi connectivity index (χ0v) is 18.8. The number of thiocarbonyl (C=S) groups is 1. The first-order valence-electron chi connectivity index (χ1n) is 11.3. The van der Waals surface area contributed by atoms with Gasteiger partial charge in [0.1, 0.15) is 5.75 Å². The van der Waals surface area contributed by atoms with Crippen LogP contribution in [0.3, 0.4) is 0 Å². The summed E-state index contributed by atoms with van der Waals surface area (Å²) in [6.45, 7) is 7.58. The Bertz CT molecular complexity index is 672. The van der Waals surface area contributed by atoms with Crippen LogP contribution in [0.25, 0.3) is 0 Å². The Morgan fingerprint density at radius 3 is 2.90 bits per heavy atom. The number of unbranched alkanes of at least 4 members (excludes halogenated alkanes) is 1. The van der Waals surface area contributed by atoms with E-state index in [-0.39, 0.29) is 0 Å². The molecule has 0 bridgehead atoms. The van der Waals surface area contributed by atoms with Gasteiger partial charge in [0.05, 0.1) is 6.61 Å². The minimum Gasteiger partial charge on any atom is -0.494 e. The minimum absolute atomic E-state index is 0.551. The van der Waals surface area contributed by atoms with E-state index in [9.17, 15) is 0 Å². The van der Waals surface area contributed by atoms with Gasteiger partial charge in [-0.15, -0.1) is 6.58 Å². The minimum atomic E-state index is 0.551. The molecule has 1 aromatic rings. The van der Waals surface area contributed by atoms with Crippen molar-refractivity contribution in [2.24, 2.45) is 0 Å². The molecule has 1 heterocycles. The maximum Gasteiger partial charge on any atom is 0.173 e. The molecule has 1 saturated carbocycles. The number of anilines is 1. The van der Waals surface area contributed by atoms with Crippen LogP contribution in [0.4, 0.5) is 5.69 Å². The SMILES string of the molecule is C=CCN(C)CCCCOc1ccc2c(c1)CCCN2C(=S)NC1CCCCC1. The third-order valence-electron chi connectivity index (χ3n) is 5.99.